The molecular weight excluding hydrogens is 232 g/mol. The first-order valence-electron chi connectivity index (χ1n) is 5.18. The number of fused-ring (bicyclic) bond motifs is 1. The molecule has 2 N–H and O–H groups in total. The summed E-state index contributed by atoms with van der Waals surface area (Å²) in [6, 6.07) is 5.99. The van der Waals surface area contributed by atoms with Crippen molar-refractivity contribution in [1.29, 1.82) is 0 Å². The fourth-order valence-corrected chi connectivity index (χ4v) is 2.51. The molecule has 4 nitrogen and oxygen atoms in total. The molecule has 17 heavy (non-hydrogen) atoms. The van der Waals surface area contributed by atoms with E-state index in [-0.39, 0.29) is 0 Å². The Kier molecular flexibility index (Phi) is 2.26. The maximum absolute atomic E-state index is 5.65. The molecule has 0 aliphatic carbocycles. The number of aromatic nitrogens is 3. The van der Waals surface area contributed by atoms with Crippen LogP contribution in [0.1, 0.15) is 5.69 Å². The van der Waals surface area contributed by atoms with Crippen molar-refractivity contribution >= 4 is 27.5 Å². The van der Waals surface area contributed by atoms with Crippen LogP contribution in [-0.2, 0) is 0 Å². The average molecular weight is 242 g/mol. The van der Waals surface area contributed by atoms with Crippen LogP contribution in [-0.4, -0.2) is 15.0 Å². The lowest BCUT2D eigenvalue weighted by molar-refractivity contribution is 1.21. The van der Waals surface area contributed by atoms with E-state index >= 15 is 0 Å². The van der Waals surface area contributed by atoms with E-state index in [1.165, 1.54) is 11.3 Å². The second-order valence-corrected chi connectivity index (χ2v) is 4.80. The van der Waals surface area contributed by atoms with Gasteiger partial charge in [0.15, 0.2) is 10.8 Å². The molecule has 0 aliphatic rings. The van der Waals surface area contributed by atoms with E-state index in [1.54, 1.807) is 12.4 Å². The van der Waals surface area contributed by atoms with Gasteiger partial charge in [-0.2, -0.15) is 0 Å². The van der Waals surface area contributed by atoms with Crippen LogP contribution in [0.15, 0.2) is 30.6 Å². The Labute approximate surface area is 102 Å². The maximum Gasteiger partial charge on any atom is 0.180 e. The number of pyridine rings is 2. The summed E-state index contributed by atoms with van der Waals surface area (Å²) in [6.07, 6.45) is 3.53. The third-order valence-electron chi connectivity index (χ3n) is 2.57. The zero-order valence-electron chi connectivity index (χ0n) is 9.21. The van der Waals surface area contributed by atoms with E-state index in [4.69, 9.17) is 5.73 Å². The SMILES string of the molecule is Cc1nc2ncccc2cc1-c1cnc(N)s1. The molecule has 0 amide bonds. The molecule has 0 fully saturated rings. The lowest BCUT2D eigenvalue weighted by atomic mass is 10.1. The second kappa shape index (κ2) is 3.78. The van der Waals surface area contributed by atoms with E-state index in [2.05, 4.69) is 21.0 Å². The van der Waals surface area contributed by atoms with Crippen LogP contribution in [0, 0.1) is 6.92 Å². The molecule has 0 aromatic carbocycles. The summed E-state index contributed by atoms with van der Waals surface area (Å²) in [5.41, 5.74) is 8.44. The number of thiazole rings is 1. The van der Waals surface area contributed by atoms with E-state index < -0.39 is 0 Å². The van der Waals surface area contributed by atoms with Crippen molar-refractivity contribution < 1.29 is 0 Å². The Morgan fingerprint density at radius 2 is 2.18 bits per heavy atom. The monoisotopic (exact) mass is 242 g/mol. The van der Waals surface area contributed by atoms with Gasteiger partial charge < -0.3 is 5.73 Å². The zero-order chi connectivity index (χ0) is 11.8. The number of aryl methyl sites for hydroxylation is 1. The molecule has 3 aromatic heterocycles. The molecule has 3 rings (SSSR count). The number of nitrogen functional groups attached to an aromatic ring is 1. The Balaban J connectivity index is 2.26. The molecule has 5 heteroatoms. The highest BCUT2D eigenvalue weighted by Crippen LogP contribution is 2.30. The van der Waals surface area contributed by atoms with Gasteiger partial charge in [-0.05, 0) is 25.1 Å². The van der Waals surface area contributed by atoms with E-state index in [0.717, 1.165) is 27.2 Å². The first kappa shape index (κ1) is 10.2. The van der Waals surface area contributed by atoms with Crippen molar-refractivity contribution in [2.45, 2.75) is 6.92 Å². The third kappa shape index (κ3) is 1.74. The first-order chi connectivity index (χ1) is 8.24. The van der Waals surface area contributed by atoms with E-state index in [0.29, 0.717) is 5.13 Å². The van der Waals surface area contributed by atoms with Crippen molar-refractivity contribution in [2.24, 2.45) is 0 Å². The van der Waals surface area contributed by atoms with Crippen LogP contribution in [0.2, 0.25) is 0 Å². The molecule has 0 radical (unpaired) electrons. The van der Waals surface area contributed by atoms with E-state index in [9.17, 15) is 0 Å². The predicted octanol–water partition coefficient (Wildman–Crippen LogP) is 2.64. The Morgan fingerprint density at radius 3 is 2.94 bits per heavy atom. The van der Waals surface area contributed by atoms with Crippen LogP contribution in [0.3, 0.4) is 0 Å². The standard InChI is InChI=1S/C12H10N4S/c1-7-9(10-6-15-12(13)17-10)5-8-3-2-4-14-11(8)16-7/h2-6H,1H3,(H2,13,15). The number of hydrogen-bond acceptors (Lipinski definition) is 5. The number of anilines is 1. The van der Waals surface area contributed by atoms with Crippen LogP contribution in [0.4, 0.5) is 5.13 Å². The Hall–Kier alpha value is -2.01. The zero-order valence-corrected chi connectivity index (χ0v) is 10.0. The first-order valence-corrected chi connectivity index (χ1v) is 6.00. The number of nitrogens with zero attached hydrogens (tertiary/aromatic N) is 3. The highest BCUT2D eigenvalue weighted by molar-refractivity contribution is 7.18. The summed E-state index contributed by atoms with van der Waals surface area (Å²) in [6.45, 7) is 1.97. The van der Waals surface area contributed by atoms with Crippen LogP contribution >= 0.6 is 11.3 Å². The molecule has 0 saturated heterocycles. The average Bonchev–Trinajstić information content (AvgIpc) is 2.75. The molecule has 84 valence electrons. The molecule has 0 spiro atoms. The summed E-state index contributed by atoms with van der Waals surface area (Å²) in [5, 5.41) is 1.60. The number of hydrogen-bond donors (Lipinski definition) is 1. The molecule has 3 heterocycles. The molecule has 0 aliphatic heterocycles. The highest BCUT2D eigenvalue weighted by atomic mass is 32.1. The molecule has 0 saturated carbocycles. The van der Waals surface area contributed by atoms with Crippen molar-refractivity contribution in [3.63, 3.8) is 0 Å². The quantitative estimate of drug-likeness (QED) is 0.712. The van der Waals surface area contributed by atoms with Crippen LogP contribution in [0.25, 0.3) is 21.5 Å². The van der Waals surface area contributed by atoms with Crippen molar-refractivity contribution in [2.75, 3.05) is 5.73 Å². The van der Waals surface area contributed by atoms with Gasteiger partial charge in [-0.1, -0.05) is 11.3 Å². The lowest BCUT2D eigenvalue weighted by Crippen LogP contribution is -1.89. The Morgan fingerprint density at radius 1 is 1.29 bits per heavy atom. The molecule has 0 bridgehead atoms. The largest absolute Gasteiger partial charge is 0.375 e. The second-order valence-electron chi connectivity index (χ2n) is 3.73. The fraction of sp³-hybridized carbons (Fsp3) is 0.0833. The van der Waals surface area contributed by atoms with Gasteiger partial charge in [-0.25, -0.2) is 15.0 Å². The Bertz CT molecular complexity index is 690. The lowest BCUT2D eigenvalue weighted by Gasteiger charge is -2.04. The van der Waals surface area contributed by atoms with Gasteiger partial charge in [0, 0.05) is 29.0 Å². The van der Waals surface area contributed by atoms with Crippen LogP contribution < -0.4 is 5.73 Å². The van der Waals surface area contributed by atoms with Gasteiger partial charge in [0.1, 0.15) is 0 Å². The number of nitrogens with two attached hydrogens (primary N) is 1. The molecule has 3 aromatic rings. The fourth-order valence-electron chi connectivity index (χ4n) is 1.76. The minimum atomic E-state index is 0.575. The maximum atomic E-state index is 5.65. The van der Waals surface area contributed by atoms with Crippen molar-refractivity contribution in [1.82, 2.24) is 15.0 Å². The van der Waals surface area contributed by atoms with Gasteiger partial charge in [0.2, 0.25) is 0 Å². The minimum absolute atomic E-state index is 0.575. The summed E-state index contributed by atoms with van der Waals surface area (Å²) < 4.78 is 0. The van der Waals surface area contributed by atoms with Gasteiger partial charge in [-0.3, -0.25) is 0 Å². The van der Waals surface area contributed by atoms with Crippen molar-refractivity contribution in [3.8, 4) is 10.4 Å². The van der Waals surface area contributed by atoms with Crippen molar-refractivity contribution in [3.05, 3.63) is 36.3 Å². The van der Waals surface area contributed by atoms with Gasteiger partial charge in [-0.15, -0.1) is 0 Å². The number of rotatable bonds is 1. The smallest absolute Gasteiger partial charge is 0.180 e. The summed E-state index contributed by atoms with van der Waals surface area (Å²) in [5.74, 6) is 0. The van der Waals surface area contributed by atoms with Gasteiger partial charge >= 0.3 is 0 Å². The predicted molar refractivity (Wildman–Crippen MR) is 69.8 cm³/mol. The minimum Gasteiger partial charge on any atom is -0.375 e. The molecular formula is C12H10N4S. The van der Waals surface area contributed by atoms with E-state index in [1.807, 2.05) is 19.1 Å². The van der Waals surface area contributed by atoms with Gasteiger partial charge in [0.25, 0.3) is 0 Å². The highest BCUT2D eigenvalue weighted by Gasteiger charge is 2.08. The summed E-state index contributed by atoms with van der Waals surface area (Å²) >= 11 is 1.47. The topological polar surface area (TPSA) is 64.7 Å². The summed E-state index contributed by atoms with van der Waals surface area (Å²) in [4.78, 5) is 13.8. The third-order valence-corrected chi connectivity index (χ3v) is 3.43. The molecule has 0 unspecified atom stereocenters. The van der Waals surface area contributed by atoms with Gasteiger partial charge in [0.05, 0.1) is 4.88 Å². The summed E-state index contributed by atoms with van der Waals surface area (Å²) in [7, 11) is 0. The molecule has 0 atom stereocenters. The normalized spacial score (nSPS) is 10.9. The van der Waals surface area contributed by atoms with Crippen LogP contribution in [0.5, 0.6) is 0 Å².